The molecule has 3 atom stereocenters. The van der Waals surface area contributed by atoms with Gasteiger partial charge in [0.2, 0.25) is 0 Å². The quantitative estimate of drug-likeness (QED) is 0.269. The van der Waals surface area contributed by atoms with Crippen LogP contribution in [0.15, 0.2) is 0 Å². The molecule has 0 saturated carbocycles. The molecule has 0 aliphatic heterocycles. The molecule has 4 nitrogen and oxygen atoms in total. The van der Waals surface area contributed by atoms with Crippen LogP contribution in [0.4, 0.5) is 101 Å². The summed E-state index contributed by atoms with van der Waals surface area (Å²) in [6, 6.07) is 0. The number of hydrogen-bond acceptors (Lipinski definition) is 4. The van der Waals surface area contributed by atoms with Crippen LogP contribution in [-0.4, -0.2) is 78.2 Å². The summed E-state index contributed by atoms with van der Waals surface area (Å²) in [5.41, 5.74) is 0. The van der Waals surface area contributed by atoms with Gasteiger partial charge < -0.3 is 5.11 Å². The predicted octanol–water partition coefficient (Wildman–Crippen LogP) is 6.69. The number of ether oxygens (including phenoxy) is 3. The third-order valence-corrected chi connectivity index (χ3v) is 3.65. The van der Waals surface area contributed by atoms with E-state index in [0.717, 1.165) is 9.47 Å². The Balaban J connectivity index is 7.14. The monoisotopic (exact) mass is 648 g/mol. The average Bonchev–Trinajstić information content (AvgIpc) is 2.62. The van der Waals surface area contributed by atoms with Gasteiger partial charge in [0.15, 0.2) is 0 Å². The molecule has 0 aromatic rings. The highest BCUT2D eigenvalue weighted by Gasteiger charge is 2.88. The minimum Gasteiger partial charge on any atom is -0.390 e. The van der Waals surface area contributed by atoms with Gasteiger partial charge in [0, 0.05) is 0 Å². The van der Waals surface area contributed by atoms with Gasteiger partial charge in [-0.2, -0.15) is 101 Å². The summed E-state index contributed by atoms with van der Waals surface area (Å²) in [5.74, 6) is -31.9. The van der Waals surface area contributed by atoms with E-state index >= 15 is 0 Å². The van der Waals surface area contributed by atoms with E-state index in [-0.39, 0.29) is 0 Å². The molecule has 0 rings (SSSR count). The fraction of sp³-hybridized carbons (Fsp3) is 1.00. The summed E-state index contributed by atoms with van der Waals surface area (Å²) < 4.78 is 300. The summed E-state index contributed by atoms with van der Waals surface area (Å²) >= 11 is 0. The molecule has 0 heterocycles. The van der Waals surface area contributed by atoms with Crippen molar-refractivity contribution in [3.63, 3.8) is 0 Å². The van der Waals surface area contributed by atoms with Crippen LogP contribution in [-0.2, 0) is 14.2 Å². The molecule has 0 fully saturated rings. The van der Waals surface area contributed by atoms with E-state index < -0.39 is 73.1 Å². The van der Waals surface area contributed by atoms with Crippen LogP contribution in [0.3, 0.4) is 0 Å². The lowest BCUT2D eigenvalue weighted by molar-refractivity contribution is -0.579. The molecule has 0 aromatic heterocycles. The van der Waals surface area contributed by atoms with Crippen molar-refractivity contribution in [2.45, 2.75) is 66.5 Å². The van der Waals surface area contributed by atoms with Crippen LogP contribution in [0.5, 0.6) is 0 Å². The van der Waals surface area contributed by atoms with Crippen LogP contribution in [0.25, 0.3) is 0 Å². The second kappa shape index (κ2) is 9.66. The minimum atomic E-state index is -8.68. The highest BCUT2D eigenvalue weighted by Crippen LogP contribution is 2.59. The van der Waals surface area contributed by atoms with Crippen molar-refractivity contribution in [1.29, 1.82) is 0 Å². The summed E-state index contributed by atoms with van der Waals surface area (Å²) in [5, 5.41) is 8.07. The molecule has 0 bridgehead atoms. The van der Waals surface area contributed by atoms with Crippen molar-refractivity contribution >= 4 is 0 Å². The smallest absolute Gasteiger partial charge is 0.390 e. The third-order valence-electron chi connectivity index (χ3n) is 3.65. The Hall–Kier alpha value is -1.77. The largest absolute Gasteiger partial charge is 0.462 e. The number of alkyl halides is 23. The van der Waals surface area contributed by atoms with Crippen LogP contribution in [0.1, 0.15) is 0 Å². The summed E-state index contributed by atoms with van der Waals surface area (Å²) in [4.78, 5) is 0. The Morgan fingerprint density at radius 1 is 0.359 bits per heavy atom. The van der Waals surface area contributed by atoms with Crippen molar-refractivity contribution in [2.24, 2.45) is 0 Å². The van der Waals surface area contributed by atoms with E-state index in [1.54, 1.807) is 4.74 Å². The number of rotatable bonds is 10. The van der Waals surface area contributed by atoms with Gasteiger partial charge in [-0.25, -0.2) is 0 Å². The molecule has 27 heteroatoms. The predicted molar refractivity (Wildman–Crippen MR) is 65.9 cm³/mol. The number of aliphatic hydroxyl groups is 1. The summed E-state index contributed by atoms with van der Waals surface area (Å²) in [6.07, 6.45) is -56.9. The van der Waals surface area contributed by atoms with Crippen molar-refractivity contribution in [3.05, 3.63) is 0 Å². The van der Waals surface area contributed by atoms with Crippen LogP contribution >= 0.6 is 0 Å². The van der Waals surface area contributed by atoms with Crippen molar-refractivity contribution < 1.29 is 120 Å². The fourth-order valence-corrected chi connectivity index (χ4v) is 1.66. The number of halogens is 23. The Bertz CT molecular complexity index is 855. The van der Waals surface area contributed by atoms with Crippen LogP contribution < -0.4 is 0 Å². The molecule has 0 spiro atoms. The highest BCUT2D eigenvalue weighted by molar-refractivity contribution is 4.97. The maximum atomic E-state index is 14.0. The Morgan fingerprint density at radius 3 is 0.872 bits per heavy atom. The van der Waals surface area contributed by atoms with Crippen LogP contribution in [0, 0.1) is 0 Å². The third kappa shape index (κ3) is 6.28. The molecular weight excluding hydrogens is 645 g/mol. The molecule has 0 saturated heterocycles. The van der Waals surface area contributed by atoms with Gasteiger partial charge in [-0.1, -0.05) is 0 Å². The standard InChI is InChI=1S/C12H3F23O4/c13-2(1-36,6(18,19)20)37-11(32,33)4(16,8(24,25)26)39-12(34,35)5(17,9(27,28)29)38-10(30,31)3(14,15)7(21,22)23/h36H,1H2/t2-,4-,5-/m0/s1. The first-order valence-electron chi connectivity index (χ1n) is 7.99. The molecule has 0 aromatic carbocycles. The average molecular weight is 648 g/mol. The molecule has 1 N–H and O–H groups in total. The van der Waals surface area contributed by atoms with Crippen molar-refractivity contribution in [2.75, 3.05) is 6.61 Å². The Kier molecular flexibility index (Phi) is 9.22. The van der Waals surface area contributed by atoms with Gasteiger partial charge in [0.05, 0.1) is 0 Å². The normalized spacial score (nSPS) is 20.3. The lowest BCUT2D eigenvalue weighted by Gasteiger charge is -2.42. The topological polar surface area (TPSA) is 47.9 Å². The summed E-state index contributed by atoms with van der Waals surface area (Å²) in [7, 11) is 0. The maximum Gasteiger partial charge on any atom is 0.462 e. The first kappa shape index (κ1) is 37.2. The highest BCUT2D eigenvalue weighted by atomic mass is 19.4. The molecule has 236 valence electrons. The second-order valence-electron chi connectivity index (χ2n) is 6.50. The Labute approximate surface area is 195 Å². The molecule has 39 heavy (non-hydrogen) atoms. The van der Waals surface area contributed by atoms with Gasteiger partial charge in [0.1, 0.15) is 6.61 Å². The number of aliphatic hydroxyl groups excluding tert-OH is 1. The van der Waals surface area contributed by atoms with E-state index in [0.29, 0.717) is 0 Å². The number of hydrogen-bond donors (Lipinski definition) is 1. The Morgan fingerprint density at radius 2 is 0.641 bits per heavy atom. The van der Waals surface area contributed by atoms with Gasteiger partial charge in [-0.3, -0.25) is 14.2 Å². The summed E-state index contributed by atoms with van der Waals surface area (Å²) in [6.45, 7) is -3.62. The zero-order valence-corrected chi connectivity index (χ0v) is 16.6. The maximum absolute atomic E-state index is 14.0. The van der Waals surface area contributed by atoms with E-state index in [4.69, 9.17) is 5.11 Å². The fourth-order valence-electron chi connectivity index (χ4n) is 1.66. The van der Waals surface area contributed by atoms with E-state index in [1.807, 2.05) is 0 Å². The van der Waals surface area contributed by atoms with Gasteiger partial charge in [-0.15, -0.1) is 0 Å². The van der Waals surface area contributed by atoms with Gasteiger partial charge in [0.25, 0.3) is 0 Å². The molecule has 0 aliphatic rings. The van der Waals surface area contributed by atoms with Crippen molar-refractivity contribution in [1.82, 2.24) is 0 Å². The van der Waals surface area contributed by atoms with E-state index in [9.17, 15) is 101 Å². The van der Waals surface area contributed by atoms with Gasteiger partial charge in [-0.05, 0) is 0 Å². The molecule has 0 unspecified atom stereocenters. The second-order valence-corrected chi connectivity index (χ2v) is 6.50. The first-order valence-corrected chi connectivity index (χ1v) is 7.99. The van der Waals surface area contributed by atoms with Crippen molar-refractivity contribution in [3.8, 4) is 0 Å². The van der Waals surface area contributed by atoms with E-state index in [1.165, 1.54) is 0 Å². The minimum absolute atomic E-state index is 1.01. The first-order chi connectivity index (χ1) is 16.4. The zero-order valence-electron chi connectivity index (χ0n) is 16.6. The van der Waals surface area contributed by atoms with Crippen LogP contribution in [0.2, 0.25) is 0 Å². The SMILES string of the molecule is OC[C@](F)(OC(F)(F)[C@@](F)(OC(F)(F)[C@@](F)(OC(F)(F)C(F)(F)C(F)(F)F)C(F)(F)F)C(F)(F)F)C(F)(F)F. The molecule has 0 amide bonds. The molecule has 0 radical (unpaired) electrons. The lowest BCUT2D eigenvalue weighted by Crippen LogP contribution is -2.70. The molecule has 0 aliphatic carbocycles. The zero-order chi connectivity index (χ0) is 32.3. The lowest BCUT2D eigenvalue weighted by atomic mass is 10.2. The molecular formula is C12H3F23O4. The van der Waals surface area contributed by atoms with E-state index in [2.05, 4.69) is 0 Å². The van der Waals surface area contributed by atoms with Gasteiger partial charge >= 0.3 is 66.5 Å².